The Morgan fingerprint density at radius 3 is 2.76 bits per heavy atom. The molecule has 0 heterocycles. The number of primary amides is 1. The van der Waals surface area contributed by atoms with E-state index in [0.29, 0.717) is 11.3 Å². The van der Waals surface area contributed by atoms with Crippen LogP contribution in [0.25, 0.3) is 0 Å². The van der Waals surface area contributed by atoms with Crippen molar-refractivity contribution >= 4 is 17.3 Å². The van der Waals surface area contributed by atoms with E-state index in [1.165, 1.54) is 25.7 Å². The fraction of sp³-hybridized carbons (Fsp3) is 0.462. The minimum Gasteiger partial charge on any atom is -0.398 e. The SMILES string of the molecule is NC(=O)c1cc(NCCC2CCC2)ccc1N. The lowest BCUT2D eigenvalue weighted by molar-refractivity contribution is 0.100. The number of rotatable bonds is 5. The molecule has 4 heteroatoms. The average Bonchev–Trinajstić information content (AvgIpc) is 2.23. The van der Waals surface area contributed by atoms with Crippen molar-refractivity contribution < 1.29 is 4.79 Å². The summed E-state index contributed by atoms with van der Waals surface area (Å²) in [7, 11) is 0. The number of nitrogens with two attached hydrogens (primary N) is 2. The predicted molar refractivity (Wildman–Crippen MR) is 69.8 cm³/mol. The summed E-state index contributed by atoms with van der Waals surface area (Å²) in [4.78, 5) is 11.1. The highest BCUT2D eigenvalue weighted by Gasteiger charge is 2.16. The summed E-state index contributed by atoms with van der Waals surface area (Å²) in [6.07, 6.45) is 5.28. The molecule has 0 aromatic heterocycles. The third kappa shape index (κ3) is 2.90. The highest BCUT2D eigenvalue weighted by molar-refractivity contribution is 5.98. The molecule has 1 aromatic rings. The fourth-order valence-electron chi connectivity index (χ4n) is 2.08. The Balaban J connectivity index is 1.91. The molecule has 4 nitrogen and oxygen atoms in total. The second-order valence-corrected chi connectivity index (χ2v) is 4.68. The maximum Gasteiger partial charge on any atom is 0.250 e. The molecular formula is C13H19N3O. The number of carbonyl (C=O) groups is 1. The number of hydrogen-bond donors (Lipinski definition) is 3. The van der Waals surface area contributed by atoms with Crippen LogP contribution in [0.4, 0.5) is 11.4 Å². The van der Waals surface area contributed by atoms with Crippen LogP contribution in [0, 0.1) is 5.92 Å². The Hall–Kier alpha value is -1.71. The van der Waals surface area contributed by atoms with Crippen LogP contribution in [0.15, 0.2) is 18.2 Å². The van der Waals surface area contributed by atoms with Gasteiger partial charge < -0.3 is 16.8 Å². The number of hydrogen-bond acceptors (Lipinski definition) is 3. The molecule has 1 aromatic carbocycles. The van der Waals surface area contributed by atoms with Crippen molar-refractivity contribution in [3.8, 4) is 0 Å². The molecule has 1 fully saturated rings. The first kappa shape index (κ1) is 11.8. The van der Waals surface area contributed by atoms with Crippen LogP contribution in [0.1, 0.15) is 36.0 Å². The molecule has 1 amide bonds. The smallest absolute Gasteiger partial charge is 0.250 e. The molecule has 2 rings (SSSR count). The average molecular weight is 233 g/mol. The maximum absolute atomic E-state index is 11.1. The van der Waals surface area contributed by atoms with Crippen LogP contribution in [0.2, 0.25) is 0 Å². The fourth-order valence-corrected chi connectivity index (χ4v) is 2.08. The van der Waals surface area contributed by atoms with Crippen LogP contribution >= 0.6 is 0 Å². The van der Waals surface area contributed by atoms with Gasteiger partial charge in [0.05, 0.1) is 5.56 Å². The minimum atomic E-state index is -0.481. The molecule has 0 spiro atoms. The van der Waals surface area contributed by atoms with Gasteiger partial charge in [-0.2, -0.15) is 0 Å². The second-order valence-electron chi connectivity index (χ2n) is 4.68. The number of carbonyl (C=O) groups excluding carboxylic acids is 1. The van der Waals surface area contributed by atoms with Crippen LogP contribution in [-0.2, 0) is 0 Å². The van der Waals surface area contributed by atoms with Crippen molar-refractivity contribution in [3.05, 3.63) is 23.8 Å². The number of amides is 1. The third-order valence-corrected chi connectivity index (χ3v) is 3.43. The highest BCUT2D eigenvalue weighted by atomic mass is 16.1. The second kappa shape index (κ2) is 5.08. The van der Waals surface area contributed by atoms with Crippen molar-refractivity contribution in [1.82, 2.24) is 0 Å². The standard InChI is InChI=1S/C13H19N3O/c14-12-5-4-10(8-11(12)13(15)17)16-7-6-9-2-1-3-9/h4-5,8-9,16H,1-3,6-7,14H2,(H2,15,17). The first-order valence-electron chi connectivity index (χ1n) is 6.10. The van der Waals surface area contributed by atoms with E-state index in [0.717, 1.165) is 18.2 Å². The van der Waals surface area contributed by atoms with Gasteiger partial charge in [0.15, 0.2) is 0 Å². The van der Waals surface area contributed by atoms with E-state index in [1.54, 1.807) is 12.1 Å². The van der Waals surface area contributed by atoms with E-state index < -0.39 is 5.91 Å². The molecule has 0 bridgehead atoms. The summed E-state index contributed by atoms with van der Waals surface area (Å²) >= 11 is 0. The summed E-state index contributed by atoms with van der Waals surface area (Å²) in [5, 5.41) is 3.30. The number of nitrogen functional groups attached to an aromatic ring is 1. The van der Waals surface area contributed by atoms with E-state index in [-0.39, 0.29) is 0 Å². The molecule has 0 aliphatic heterocycles. The molecule has 1 saturated carbocycles. The van der Waals surface area contributed by atoms with Crippen molar-refractivity contribution in [3.63, 3.8) is 0 Å². The third-order valence-electron chi connectivity index (χ3n) is 3.43. The topological polar surface area (TPSA) is 81.1 Å². The lowest BCUT2D eigenvalue weighted by Crippen LogP contribution is -2.16. The lowest BCUT2D eigenvalue weighted by atomic mass is 9.83. The molecule has 17 heavy (non-hydrogen) atoms. The molecule has 0 saturated heterocycles. The summed E-state index contributed by atoms with van der Waals surface area (Å²) < 4.78 is 0. The number of benzene rings is 1. The van der Waals surface area contributed by atoms with Crippen molar-refractivity contribution in [2.75, 3.05) is 17.6 Å². The summed E-state index contributed by atoms with van der Waals surface area (Å²) in [6, 6.07) is 5.31. The lowest BCUT2D eigenvalue weighted by Gasteiger charge is -2.25. The molecule has 92 valence electrons. The number of anilines is 2. The van der Waals surface area contributed by atoms with Crippen molar-refractivity contribution in [2.45, 2.75) is 25.7 Å². The van der Waals surface area contributed by atoms with Gasteiger partial charge in [-0.05, 0) is 30.5 Å². The Morgan fingerprint density at radius 1 is 1.41 bits per heavy atom. The van der Waals surface area contributed by atoms with Crippen molar-refractivity contribution in [1.29, 1.82) is 0 Å². The van der Waals surface area contributed by atoms with Gasteiger partial charge in [0.1, 0.15) is 0 Å². The monoisotopic (exact) mass is 233 g/mol. The zero-order valence-electron chi connectivity index (χ0n) is 9.91. The van der Waals surface area contributed by atoms with Crippen molar-refractivity contribution in [2.24, 2.45) is 11.7 Å². The van der Waals surface area contributed by atoms with E-state index in [4.69, 9.17) is 11.5 Å². The first-order chi connectivity index (χ1) is 8.16. The zero-order valence-corrected chi connectivity index (χ0v) is 9.91. The van der Waals surface area contributed by atoms with Gasteiger partial charge >= 0.3 is 0 Å². The van der Waals surface area contributed by atoms with Gasteiger partial charge in [0.25, 0.3) is 5.91 Å². The van der Waals surface area contributed by atoms with E-state index >= 15 is 0 Å². The Labute approximate surface area is 101 Å². The van der Waals surface area contributed by atoms with E-state index in [9.17, 15) is 4.79 Å². The molecule has 5 N–H and O–H groups in total. The van der Waals surface area contributed by atoms with E-state index in [1.807, 2.05) is 6.07 Å². The summed E-state index contributed by atoms with van der Waals surface area (Å²) in [5.74, 6) is 0.400. The molecule has 1 aliphatic carbocycles. The normalized spacial score (nSPS) is 15.3. The van der Waals surface area contributed by atoms with Gasteiger partial charge in [-0.1, -0.05) is 19.3 Å². The Bertz CT molecular complexity index is 413. The predicted octanol–water partition coefficient (Wildman–Crippen LogP) is 1.97. The molecular weight excluding hydrogens is 214 g/mol. The summed E-state index contributed by atoms with van der Waals surface area (Å²) in [5.41, 5.74) is 12.6. The van der Waals surface area contributed by atoms with Gasteiger partial charge in [-0.25, -0.2) is 0 Å². The quantitative estimate of drug-likeness (QED) is 0.680. The highest BCUT2D eigenvalue weighted by Crippen LogP contribution is 2.29. The first-order valence-corrected chi connectivity index (χ1v) is 6.10. The largest absolute Gasteiger partial charge is 0.398 e. The minimum absolute atomic E-state index is 0.388. The zero-order chi connectivity index (χ0) is 12.3. The van der Waals surface area contributed by atoms with Crippen LogP contribution in [-0.4, -0.2) is 12.5 Å². The summed E-state index contributed by atoms with van der Waals surface area (Å²) in [6.45, 7) is 0.937. The van der Waals surface area contributed by atoms with Gasteiger partial charge in [0.2, 0.25) is 0 Å². The van der Waals surface area contributed by atoms with Crippen LogP contribution in [0.3, 0.4) is 0 Å². The van der Waals surface area contributed by atoms with E-state index in [2.05, 4.69) is 5.32 Å². The van der Waals surface area contributed by atoms with Gasteiger partial charge in [0, 0.05) is 17.9 Å². The molecule has 0 atom stereocenters. The Kier molecular flexibility index (Phi) is 3.52. The number of nitrogens with one attached hydrogen (secondary N) is 1. The van der Waals surface area contributed by atoms with Gasteiger partial charge in [-0.3, -0.25) is 4.79 Å². The Morgan fingerprint density at radius 2 is 2.18 bits per heavy atom. The van der Waals surface area contributed by atoms with Gasteiger partial charge in [-0.15, -0.1) is 0 Å². The van der Waals surface area contributed by atoms with Crippen LogP contribution < -0.4 is 16.8 Å². The molecule has 1 aliphatic rings. The molecule has 0 unspecified atom stereocenters. The molecule has 0 radical (unpaired) electrons. The van der Waals surface area contributed by atoms with Crippen LogP contribution in [0.5, 0.6) is 0 Å². The maximum atomic E-state index is 11.1.